The minimum atomic E-state index is -0.534. The molecule has 1 aromatic heterocycles. The SMILES string of the molecule is CN1CCN(CCCNC(=O)c2ccc3c(=O)n(-c4ccccc4)c(=O)[nH]c3c2)CC1. The van der Waals surface area contributed by atoms with E-state index in [0.717, 1.165) is 43.7 Å². The minimum Gasteiger partial charge on any atom is -0.352 e. The van der Waals surface area contributed by atoms with Gasteiger partial charge in [-0.05, 0) is 50.3 Å². The summed E-state index contributed by atoms with van der Waals surface area (Å²) < 4.78 is 1.10. The molecule has 0 aliphatic carbocycles. The van der Waals surface area contributed by atoms with Gasteiger partial charge in [0.05, 0.1) is 16.6 Å². The predicted molar refractivity (Wildman–Crippen MR) is 121 cm³/mol. The molecule has 162 valence electrons. The summed E-state index contributed by atoms with van der Waals surface area (Å²) in [6, 6.07) is 13.5. The van der Waals surface area contributed by atoms with Gasteiger partial charge in [0.1, 0.15) is 0 Å². The lowest BCUT2D eigenvalue weighted by Crippen LogP contribution is -2.45. The van der Waals surface area contributed by atoms with E-state index < -0.39 is 11.2 Å². The molecule has 1 saturated heterocycles. The van der Waals surface area contributed by atoms with Gasteiger partial charge in [-0.2, -0.15) is 0 Å². The number of rotatable bonds is 6. The zero-order valence-corrected chi connectivity index (χ0v) is 17.6. The van der Waals surface area contributed by atoms with E-state index in [1.165, 1.54) is 0 Å². The Bertz CT molecular complexity index is 1180. The number of nitrogens with zero attached hydrogens (tertiary/aromatic N) is 3. The molecule has 2 N–H and O–H groups in total. The van der Waals surface area contributed by atoms with E-state index in [1.807, 2.05) is 6.07 Å². The lowest BCUT2D eigenvalue weighted by atomic mass is 10.1. The van der Waals surface area contributed by atoms with Gasteiger partial charge >= 0.3 is 5.69 Å². The summed E-state index contributed by atoms with van der Waals surface area (Å²) in [5, 5.41) is 3.28. The molecule has 0 saturated carbocycles. The lowest BCUT2D eigenvalue weighted by molar-refractivity contribution is 0.0949. The van der Waals surface area contributed by atoms with Crippen LogP contribution in [0, 0.1) is 0 Å². The molecule has 1 aliphatic heterocycles. The molecule has 1 fully saturated rings. The number of H-pyrrole nitrogens is 1. The Morgan fingerprint density at radius 1 is 1.03 bits per heavy atom. The van der Waals surface area contributed by atoms with Crippen molar-refractivity contribution in [1.29, 1.82) is 0 Å². The van der Waals surface area contributed by atoms with E-state index in [9.17, 15) is 14.4 Å². The monoisotopic (exact) mass is 421 g/mol. The van der Waals surface area contributed by atoms with Crippen molar-refractivity contribution in [2.45, 2.75) is 6.42 Å². The maximum Gasteiger partial charge on any atom is 0.333 e. The van der Waals surface area contributed by atoms with E-state index in [1.54, 1.807) is 42.5 Å². The Hall–Kier alpha value is -3.23. The van der Waals surface area contributed by atoms with E-state index >= 15 is 0 Å². The van der Waals surface area contributed by atoms with Crippen LogP contribution in [0.15, 0.2) is 58.1 Å². The second kappa shape index (κ2) is 9.28. The molecule has 8 nitrogen and oxygen atoms in total. The van der Waals surface area contributed by atoms with Crippen LogP contribution in [0.5, 0.6) is 0 Å². The number of nitrogens with one attached hydrogen (secondary N) is 2. The van der Waals surface area contributed by atoms with Gasteiger partial charge in [-0.1, -0.05) is 18.2 Å². The number of benzene rings is 2. The van der Waals surface area contributed by atoms with Crippen LogP contribution in [-0.4, -0.2) is 71.6 Å². The highest BCUT2D eigenvalue weighted by Crippen LogP contribution is 2.11. The molecule has 0 radical (unpaired) electrons. The number of hydrogen-bond acceptors (Lipinski definition) is 5. The van der Waals surface area contributed by atoms with E-state index in [4.69, 9.17) is 0 Å². The quantitative estimate of drug-likeness (QED) is 0.581. The fraction of sp³-hybridized carbons (Fsp3) is 0.348. The lowest BCUT2D eigenvalue weighted by Gasteiger charge is -2.32. The van der Waals surface area contributed by atoms with Gasteiger partial charge in [0.15, 0.2) is 0 Å². The number of aromatic nitrogens is 2. The number of aromatic amines is 1. The third-order valence-electron chi connectivity index (χ3n) is 5.71. The average molecular weight is 422 g/mol. The fourth-order valence-corrected chi connectivity index (χ4v) is 3.85. The second-order valence-electron chi connectivity index (χ2n) is 7.92. The van der Waals surface area contributed by atoms with Gasteiger partial charge < -0.3 is 20.1 Å². The van der Waals surface area contributed by atoms with E-state index in [0.29, 0.717) is 28.7 Å². The average Bonchev–Trinajstić information content (AvgIpc) is 2.78. The van der Waals surface area contributed by atoms with Crippen LogP contribution >= 0.6 is 0 Å². The minimum absolute atomic E-state index is 0.214. The van der Waals surface area contributed by atoms with Crippen LogP contribution in [0.25, 0.3) is 16.6 Å². The number of amides is 1. The Kier molecular flexibility index (Phi) is 6.29. The largest absolute Gasteiger partial charge is 0.352 e. The van der Waals surface area contributed by atoms with Crippen LogP contribution in [0.2, 0.25) is 0 Å². The van der Waals surface area contributed by atoms with Crippen molar-refractivity contribution in [2.24, 2.45) is 0 Å². The van der Waals surface area contributed by atoms with Crippen molar-refractivity contribution in [3.05, 3.63) is 74.9 Å². The number of fused-ring (bicyclic) bond motifs is 1. The molecular weight excluding hydrogens is 394 g/mol. The van der Waals surface area contributed by atoms with Gasteiger partial charge in [0.2, 0.25) is 0 Å². The van der Waals surface area contributed by atoms with Crippen molar-refractivity contribution in [2.75, 3.05) is 46.3 Å². The number of para-hydroxylation sites is 1. The number of hydrogen-bond donors (Lipinski definition) is 2. The summed E-state index contributed by atoms with van der Waals surface area (Å²) >= 11 is 0. The number of piperazine rings is 1. The van der Waals surface area contributed by atoms with Crippen LogP contribution < -0.4 is 16.6 Å². The van der Waals surface area contributed by atoms with Crippen molar-refractivity contribution in [3.8, 4) is 5.69 Å². The maximum absolute atomic E-state index is 12.8. The molecule has 0 unspecified atom stereocenters. The van der Waals surface area contributed by atoms with Gasteiger partial charge in [0.25, 0.3) is 11.5 Å². The first-order chi connectivity index (χ1) is 15.0. The van der Waals surface area contributed by atoms with Crippen LogP contribution in [0.4, 0.5) is 0 Å². The zero-order valence-electron chi connectivity index (χ0n) is 17.6. The molecule has 0 bridgehead atoms. The van der Waals surface area contributed by atoms with Gasteiger partial charge in [0, 0.05) is 38.3 Å². The normalized spacial score (nSPS) is 15.3. The molecular formula is C23H27N5O3. The van der Waals surface area contributed by atoms with Crippen molar-refractivity contribution >= 4 is 16.8 Å². The number of carbonyl (C=O) groups excluding carboxylic acids is 1. The Labute approximate surface area is 180 Å². The van der Waals surface area contributed by atoms with Crippen molar-refractivity contribution in [1.82, 2.24) is 24.7 Å². The second-order valence-corrected chi connectivity index (χ2v) is 7.92. The van der Waals surface area contributed by atoms with Crippen LogP contribution in [-0.2, 0) is 0 Å². The molecule has 31 heavy (non-hydrogen) atoms. The number of likely N-dealkylation sites (N-methyl/N-ethyl adjacent to an activating group) is 1. The standard InChI is InChI=1S/C23H27N5O3/c1-26-12-14-27(15-13-26)11-5-10-24-21(29)17-8-9-19-20(16-17)25-23(31)28(22(19)30)18-6-3-2-4-7-18/h2-4,6-9,16H,5,10-15H2,1H3,(H,24,29)(H,25,31). The Balaban J connectivity index is 1.43. The summed E-state index contributed by atoms with van der Waals surface area (Å²) in [5.41, 5.74) is 0.321. The first-order valence-electron chi connectivity index (χ1n) is 10.6. The highest BCUT2D eigenvalue weighted by Gasteiger charge is 2.14. The van der Waals surface area contributed by atoms with Crippen LogP contribution in [0.1, 0.15) is 16.8 Å². The molecule has 8 heteroatoms. The zero-order chi connectivity index (χ0) is 21.8. The fourth-order valence-electron chi connectivity index (χ4n) is 3.85. The molecule has 1 amide bonds. The molecule has 0 atom stereocenters. The molecule has 0 spiro atoms. The molecule has 4 rings (SSSR count). The molecule has 3 aromatic rings. The molecule has 2 aromatic carbocycles. The smallest absolute Gasteiger partial charge is 0.333 e. The van der Waals surface area contributed by atoms with Crippen molar-refractivity contribution < 1.29 is 4.79 Å². The van der Waals surface area contributed by atoms with E-state index in [-0.39, 0.29) is 5.91 Å². The Morgan fingerprint density at radius 3 is 2.52 bits per heavy atom. The predicted octanol–water partition coefficient (Wildman–Crippen LogP) is 1.05. The highest BCUT2D eigenvalue weighted by molar-refractivity contribution is 5.97. The molecule has 2 heterocycles. The summed E-state index contributed by atoms with van der Waals surface area (Å²) in [7, 11) is 2.13. The number of carbonyl (C=O) groups is 1. The highest BCUT2D eigenvalue weighted by atomic mass is 16.2. The third-order valence-corrected chi connectivity index (χ3v) is 5.71. The van der Waals surface area contributed by atoms with Gasteiger partial charge in [-0.3, -0.25) is 9.59 Å². The summed E-state index contributed by atoms with van der Waals surface area (Å²) in [4.78, 5) is 45.3. The van der Waals surface area contributed by atoms with Crippen LogP contribution in [0.3, 0.4) is 0 Å². The first kappa shape index (κ1) is 21.0. The van der Waals surface area contributed by atoms with E-state index in [2.05, 4.69) is 27.1 Å². The Morgan fingerprint density at radius 2 is 1.77 bits per heavy atom. The van der Waals surface area contributed by atoms with Crippen molar-refractivity contribution in [3.63, 3.8) is 0 Å². The maximum atomic E-state index is 12.8. The topological polar surface area (TPSA) is 90.4 Å². The molecule has 1 aliphatic rings. The summed E-state index contributed by atoms with van der Waals surface area (Å²) in [6.45, 7) is 5.81. The first-order valence-corrected chi connectivity index (χ1v) is 10.6. The summed E-state index contributed by atoms with van der Waals surface area (Å²) in [6.07, 6.45) is 0.877. The van der Waals surface area contributed by atoms with Gasteiger partial charge in [-0.15, -0.1) is 0 Å². The van der Waals surface area contributed by atoms with Gasteiger partial charge in [-0.25, -0.2) is 9.36 Å². The summed E-state index contributed by atoms with van der Waals surface area (Å²) in [5.74, 6) is -0.214. The third kappa shape index (κ3) is 4.76.